The summed E-state index contributed by atoms with van der Waals surface area (Å²) in [4.78, 5) is 2.09. The highest BCUT2D eigenvalue weighted by Gasteiger charge is 2.26. The number of ether oxygens (including phenoxy) is 1. The van der Waals surface area contributed by atoms with E-state index in [2.05, 4.69) is 70.7 Å². The molecule has 2 heterocycles. The van der Waals surface area contributed by atoms with Crippen molar-refractivity contribution >= 4 is 17.4 Å². The molecule has 1 fully saturated rings. The molecule has 6 nitrogen and oxygen atoms in total. The average molecular weight is 411 g/mol. The first-order valence-electron chi connectivity index (χ1n) is 9.69. The Morgan fingerprint density at radius 1 is 1.07 bits per heavy atom. The van der Waals surface area contributed by atoms with Gasteiger partial charge in [-0.3, -0.25) is 5.32 Å². The molecule has 1 aromatic heterocycles. The monoisotopic (exact) mass is 410 g/mol. The summed E-state index contributed by atoms with van der Waals surface area (Å²) in [6.07, 6.45) is 0.0149. The standard InChI is InChI=1S/C22H26N4O2S/c1-14-5-6-17(11-15(14)2)21-24-25-22(28-21)29-13-19-12-23-20(27-19)16-7-9-18(10-8-16)26(3)4/h5-11,19-20,23H,12-13H2,1-4H3/t19-,20+/m0/s1. The molecule has 1 N–H and O–H groups in total. The van der Waals surface area contributed by atoms with E-state index in [1.54, 1.807) is 0 Å². The van der Waals surface area contributed by atoms with Crippen LogP contribution in [0, 0.1) is 13.8 Å². The van der Waals surface area contributed by atoms with Crippen molar-refractivity contribution in [2.24, 2.45) is 0 Å². The van der Waals surface area contributed by atoms with Crippen molar-refractivity contribution in [1.82, 2.24) is 15.5 Å². The van der Waals surface area contributed by atoms with Gasteiger partial charge in [0.1, 0.15) is 6.23 Å². The van der Waals surface area contributed by atoms with Gasteiger partial charge in [0, 0.05) is 37.6 Å². The van der Waals surface area contributed by atoms with Gasteiger partial charge in [0.25, 0.3) is 5.22 Å². The number of nitrogens with one attached hydrogen (secondary N) is 1. The van der Waals surface area contributed by atoms with Gasteiger partial charge in [0.2, 0.25) is 5.89 Å². The van der Waals surface area contributed by atoms with Gasteiger partial charge in [-0.15, -0.1) is 10.2 Å². The largest absolute Gasteiger partial charge is 0.411 e. The highest BCUT2D eigenvalue weighted by molar-refractivity contribution is 7.99. The third-order valence-corrected chi connectivity index (χ3v) is 6.08. The van der Waals surface area contributed by atoms with Crippen LogP contribution in [0.1, 0.15) is 22.9 Å². The predicted octanol–water partition coefficient (Wildman–Crippen LogP) is 4.20. The molecule has 0 bridgehead atoms. The molecule has 0 radical (unpaired) electrons. The Morgan fingerprint density at radius 3 is 2.59 bits per heavy atom. The Bertz CT molecular complexity index is 971. The fourth-order valence-corrected chi connectivity index (χ4v) is 3.95. The van der Waals surface area contributed by atoms with E-state index < -0.39 is 0 Å². The van der Waals surface area contributed by atoms with E-state index in [1.165, 1.54) is 28.6 Å². The second-order valence-electron chi connectivity index (χ2n) is 7.52. The molecular formula is C22H26N4O2S. The normalized spacial score (nSPS) is 18.9. The fraction of sp³-hybridized carbons (Fsp3) is 0.364. The number of hydrogen-bond donors (Lipinski definition) is 1. The van der Waals surface area contributed by atoms with Gasteiger partial charge in [0.05, 0.1) is 6.10 Å². The molecule has 0 spiro atoms. The lowest BCUT2D eigenvalue weighted by Crippen LogP contribution is -2.16. The number of benzene rings is 2. The Hall–Kier alpha value is -2.35. The summed E-state index contributed by atoms with van der Waals surface area (Å²) in [6.45, 7) is 4.97. The number of rotatable bonds is 6. The van der Waals surface area contributed by atoms with Gasteiger partial charge < -0.3 is 14.1 Å². The molecular weight excluding hydrogens is 384 g/mol. The molecule has 7 heteroatoms. The molecule has 0 unspecified atom stereocenters. The summed E-state index contributed by atoms with van der Waals surface area (Å²) in [7, 11) is 4.07. The number of thioether (sulfide) groups is 1. The summed E-state index contributed by atoms with van der Waals surface area (Å²) in [5.74, 6) is 1.31. The first kappa shape index (κ1) is 19.9. The minimum absolute atomic E-state index is 0.0782. The van der Waals surface area contributed by atoms with E-state index in [0.29, 0.717) is 11.1 Å². The van der Waals surface area contributed by atoms with E-state index in [0.717, 1.165) is 23.4 Å². The Labute approximate surface area is 175 Å². The zero-order chi connectivity index (χ0) is 20.4. The fourth-order valence-electron chi connectivity index (χ4n) is 3.19. The van der Waals surface area contributed by atoms with Crippen molar-refractivity contribution in [1.29, 1.82) is 0 Å². The first-order valence-corrected chi connectivity index (χ1v) is 10.7. The van der Waals surface area contributed by atoms with Crippen molar-refractivity contribution in [3.63, 3.8) is 0 Å². The Kier molecular flexibility index (Phi) is 5.89. The van der Waals surface area contributed by atoms with Crippen LogP contribution in [0.15, 0.2) is 52.1 Å². The van der Waals surface area contributed by atoms with Gasteiger partial charge in [-0.1, -0.05) is 30.0 Å². The van der Waals surface area contributed by atoms with Crippen LogP contribution in [0.5, 0.6) is 0 Å². The van der Waals surface area contributed by atoms with Crippen LogP contribution >= 0.6 is 11.8 Å². The van der Waals surface area contributed by atoms with Crippen molar-refractivity contribution in [2.75, 3.05) is 31.3 Å². The summed E-state index contributed by atoms with van der Waals surface area (Å²) in [5, 5.41) is 12.4. The molecule has 2 aromatic carbocycles. The summed E-state index contributed by atoms with van der Waals surface area (Å²) >= 11 is 1.53. The molecule has 3 aromatic rings. The van der Waals surface area contributed by atoms with Gasteiger partial charge in [-0.2, -0.15) is 0 Å². The van der Waals surface area contributed by atoms with Crippen LogP contribution in [-0.4, -0.2) is 42.7 Å². The Balaban J connectivity index is 1.32. The molecule has 1 aliphatic heterocycles. The molecule has 0 amide bonds. The topological polar surface area (TPSA) is 63.4 Å². The third kappa shape index (κ3) is 4.63. The van der Waals surface area contributed by atoms with Crippen molar-refractivity contribution in [2.45, 2.75) is 31.4 Å². The number of nitrogens with zero attached hydrogens (tertiary/aromatic N) is 3. The van der Waals surface area contributed by atoms with Crippen LogP contribution in [0.4, 0.5) is 5.69 Å². The summed E-state index contributed by atoms with van der Waals surface area (Å²) in [5.41, 5.74) is 5.73. The maximum atomic E-state index is 6.15. The van der Waals surface area contributed by atoms with Crippen LogP contribution in [-0.2, 0) is 4.74 Å². The van der Waals surface area contributed by atoms with Crippen molar-refractivity contribution in [3.05, 3.63) is 59.2 Å². The molecule has 2 atom stereocenters. The number of hydrogen-bond acceptors (Lipinski definition) is 7. The van der Waals surface area contributed by atoms with E-state index in [-0.39, 0.29) is 12.3 Å². The first-order chi connectivity index (χ1) is 14.0. The average Bonchev–Trinajstić information content (AvgIpc) is 3.38. The quantitative estimate of drug-likeness (QED) is 0.611. The second kappa shape index (κ2) is 8.57. The number of aromatic nitrogens is 2. The van der Waals surface area contributed by atoms with E-state index in [1.807, 2.05) is 20.2 Å². The van der Waals surface area contributed by atoms with Gasteiger partial charge in [-0.05, 0) is 54.8 Å². The van der Waals surface area contributed by atoms with E-state index in [4.69, 9.17) is 9.15 Å². The highest BCUT2D eigenvalue weighted by atomic mass is 32.2. The van der Waals surface area contributed by atoms with Gasteiger partial charge >= 0.3 is 0 Å². The lowest BCUT2D eigenvalue weighted by molar-refractivity contribution is 0.0534. The molecule has 1 saturated heterocycles. The minimum atomic E-state index is -0.0782. The van der Waals surface area contributed by atoms with Gasteiger partial charge in [0.15, 0.2) is 0 Å². The van der Waals surface area contributed by atoms with Crippen molar-refractivity contribution < 1.29 is 9.15 Å². The second-order valence-corrected chi connectivity index (χ2v) is 8.49. The SMILES string of the molecule is Cc1ccc(-c2nnc(SC[C@@H]3CN[C@@H](c4ccc(N(C)C)cc4)O3)o2)cc1C. The molecule has 152 valence electrons. The lowest BCUT2D eigenvalue weighted by atomic mass is 10.1. The van der Waals surface area contributed by atoms with E-state index in [9.17, 15) is 0 Å². The number of anilines is 1. The molecule has 1 aliphatic rings. The van der Waals surface area contributed by atoms with Crippen LogP contribution in [0.2, 0.25) is 0 Å². The van der Waals surface area contributed by atoms with Crippen LogP contribution in [0.25, 0.3) is 11.5 Å². The zero-order valence-corrected chi connectivity index (χ0v) is 18.0. The zero-order valence-electron chi connectivity index (χ0n) is 17.2. The minimum Gasteiger partial charge on any atom is -0.411 e. The summed E-state index contributed by atoms with van der Waals surface area (Å²) < 4.78 is 12.0. The van der Waals surface area contributed by atoms with Crippen LogP contribution < -0.4 is 10.2 Å². The lowest BCUT2D eigenvalue weighted by Gasteiger charge is -2.16. The van der Waals surface area contributed by atoms with E-state index >= 15 is 0 Å². The summed E-state index contributed by atoms with van der Waals surface area (Å²) in [6, 6.07) is 14.6. The predicted molar refractivity (Wildman–Crippen MR) is 116 cm³/mol. The molecule has 0 aliphatic carbocycles. The smallest absolute Gasteiger partial charge is 0.276 e. The van der Waals surface area contributed by atoms with Crippen LogP contribution in [0.3, 0.4) is 0 Å². The van der Waals surface area contributed by atoms with Gasteiger partial charge in [-0.25, -0.2) is 0 Å². The molecule has 4 rings (SSSR count). The molecule has 0 saturated carbocycles. The highest BCUT2D eigenvalue weighted by Crippen LogP contribution is 2.29. The van der Waals surface area contributed by atoms with Crippen molar-refractivity contribution in [3.8, 4) is 11.5 Å². The molecule has 29 heavy (non-hydrogen) atoms. The maximum absolute atomic E-state index is 6.15. The number of aryl methyl sites for hydroxylation is 2. The third-order valence-electron chi connectivity index (χ3n) is 5.12. The Morgan fingerprint density at radius 2 is 1.86 bits per heavy atom. The maximum Gasteiger partial charge on any atom is 0.276 e.